The summed E-state index contributed by atoms with van der Waals surface area (Å²) >= 11 is 28.4. The number of carboxylic acid groups (broad SMARTS) is 3. The molecule has 216 valence electrons. The fourth-order valence-corrected chi connectivity index (χ4v) is 3.80. The molecule has 0 aliphatic rings. The zero-order valence-corrected chi connectivity index (χ0v) is 24.9. The van der Waals surface area contributed by atoms with Crippen LogP contribution in [-0.2, 0) is 9.59 Å². The second kappa shape index (κ2) is 16.9. The minimum atomic E-state index is -1.16. The van der Waals surface area contributed by atoms with E-state index in [-0.39, 0.29) is 21.4 Å². The van der Waals surface area contributed by atoms with Crippen LogP contribution in [0.25, 0.3) is 0 Å². The zero-order valence-electron chi connectivity index (χ0n) is 21.1. The van der Waals surface area contributed by atoms with E-state index >= 15 is 0 Å². The Kier molecular flexibility index (Phi) is 14.8. The first kappa shape index (κ1) is 34.9. The molecule has 1 unspecified atom stereocenters. The van der Waals surface area contributed by atoms with Gasteiger partial charge in [-0.2, -0.15) is 0 Å². The van der Waals surface area contributed by atoms with E-state index in [1.165, 1.54) is 38.3 Å². The van der Waals surface area contributed by atoms with Crippen LogP contribution in [0.2, 0.25) is 25.1 Å². The molecule has 0 aliphatic heterocycles. The normalized spacial score (nSPS) is 10.6. The van der Waals surface area contributed by atoms with Gasteiger partial charge in [-0.1, -0.05) is 58.0 Å². The lowest BCUT2D eigenvalue weighted by molar-refractivity contribution is -0.144. The minimum Gasteiger partial charge on any atom is -0.494 e. The van der Waals surface area contributed by atoms with Gasteiger partial charge in [0.05, 0.1) is 22.2 Å². The highest BCUT2D eigenvalue weighted by molar-refractivity contribution is 6.37. The SMILES string of the molecule is COc1c(Cl)ccc(Cl)c1C(=O)O.Cc1cc(Cl)ccc1OC(C)C(=O)O.O=C(O)COc1ccc(Cl)cc1Cl. The van der Waals surface area contributed by atoms with E-state index in [9.17, 15) is 14.4 Å². The Labute approximate surface area is 254 Å². The number of ether oxygens (including phenoxy) is 3. The number of aromatic carboxylic acids is 1. The molecule has 0 heterocycles. The summed E-state index contributed by atoms with van der Waals surface area (Å²) in [6.07, 6.45) is -0.852. The molecule has 14 heteroatoms. The van der Waals surface area contributed by atoms with E-state index in [2.05, 4.69) is 0 Å². The standard InChI is InChI=1S/C10H11ClO3.2C8H6Cl2O3/c1-6-5-8(11)3-4-9(6)14-7(2)10(12)13;1-13-7-5(10)3-2-4(9)6(7)8(11)12;9-5-1-2-7(6(10)3-5)13-4-8(11)12/h3-5,7H,1-2H3,(H,12,13);2-3H,1H3,(H,11,12);1-3H,4H2,(H,11,12). The van der Waals surface area contributed by atoms with Crippen molar-refractivity contribution in [2.75, 3.05) is 13.7 Å². The lowest BCUT2D eigenvalue weighted by Gasteiger charge is -2.12. The van der Waals surface area contributed by atoms with Crippen LogP contribution in [0.3, 0.4) is 0 Å². The predicted octanol–water partition coefficient (Wildman–Crippen LogP) is 7.66. The summed E-state index contributed by atoms with van der Waals surface area (Å²) in [7, 11) is 1.34. The van der Waals surface area contributed by atoms with Gasteiger partial charge >= 0.3 is 17.9 Å². The molecule has 3 N–H and O–H groups in total. The van der Waals surface area contributed by atoms with Crippen molar-refractivity contribution in [2.45, 2.75) is 20.0 Å². The van der Waals surface area contributed by atoms with Crippen molar-refractivity contribution in [1.82, 2.24) is 0 Å². The largest absolute Gasteiger partial charge is 0.494 e. The van der Waals surface area contributed by atoms with Crippen molar-refractivity contribution < 1.29 is 43.9 Å². The molecule has 3 aromatic rings. The van der Waals surface area contributed by atoms with Crippen LogP contribution in [0.1, 0.15) is 22.8 Å². The highest BCUT2D eigenvalue weighted by Crippen LogP contribution is 2.33. The van der Waals surface area contributed by atoms with Gasteiger partial charge in [-0.25, -0.2) is 14.4 Å². The molecular formula is C26H23Cl5O9. The van der Waals surface area contributed by atoms with Gasteiger partial charge in [-0.15, -0.1) is 0 Å². The number of methoxy groups -OCH3 is 1. The lowest BCUT2D eigenvalue weighted by Crippen LogP contribution is -2.23. The minimum absolute atomic E-state index is 0.0849. The maximum atomic E-state index is 10.7. The Bertz CT molecular complexity index is 1350. The quantitative estimate of drug-likeness (QED) is 0.223. The van der Waals surface area contributed by atoms with Gasteiger partial charge in [0.15, 0.2) is 18.5 Å². The Hall–Kier alpha value is -3.08. The summed E-state index contributed by atoms with van der Waals surface area (Å²) in [5.41, 5.74) is 0.710. The summed E-state index contributed by atoms with van der Waals surface area (Å²) in [6, 6.07) is 12.5. The van der Waals surface area contributed by atoms with Crippen molar-refractivity contribution in [3.63, 3.8) is 0 Å². The Morgan fingerprint density at radius 2 is 1.35 bits per heavy atom. The van der Waals surface area contributed by atoms with Crippen molar-refractivity contribution in [2.24, 2.45) is 0 Å². The van der Waals surface area contributed by atoms with Crippen LogP contribution in [-0.4, -0.2) is 53.0 Å². The molecule has 3 aromatic carbocycles. The first-order valence-electron chi connectivity index (χ1n) is 10.9. The van der Waals surface area contributed by atoms with Gasteiger partial charge in [0.1, 0.15) is 17.1 Å². The lowest BCUT2D eigenvalue weighted by atomic mass is 10.2. The third-order valence-corrected chi connectivity index (χ3v) is 5.89. The molecule has 40 heavy (non-hydrogen) atoms. The molecule has 1 atom stereocenters. The molecule has 0 saturated heterocycles. The van der Waals surface area contributed by atoms with Crippen LogP contribution >= 0.6 is 58.0 Å². The first-order chi connectivity index (χ1) is 18.7. The summed E-state index contributed by atoms with van der Waals surface area (Å²) in [4.78, 5) is 31.4. The third kappa shape index (κ3) is 11.6. The van der Waals surface area contributed by atoms with E-state index in [1.807, 2.05) is 6.92 Å². The van der Waals surface area contributed by atoms with E-state index < -0.39 is 30.6 Å². The number of rotatable bonds is 8. The van der Waals surface area contributed by atoms with Crippen molar-refractivity contribution in [1.29, 1.82) is 0 Å². The number of hydrogen-bond acceptors (Lipinski definition) is 6. The number of hydrogen-bond donors (Lipinski definition) is 3. The number of carbonyl (C=O) groups is 3. The average molecular weight is 657 g/mol. The molecule has 0 radical (unpaired) electrons. The van der Waals surface area contributed by atoms with Gasteiger partial charge < -0.3 is 29.5 Å². The third-order valence-electron chi connectivity index (χ3n) is 4.51. The van der Waals surface area contributed by atoms with E-state index in [1.54, 1.807) is 24.3 Å². The number of benzene rings is 3. The van der Waals surface area contributed by atoms with E-state index in [0.29, 0.717) is 26.6 Å². The second-order valence-electron chi connectivity index (χ2n) is 7.51. The molecule has 0 bridgehead atoms. The molecule has 0 amide bonds. The maximum Gasteiger partial charge on any atom is 0.344 e. The highest BCUT2D eigenvalue weighted by Gasteiger charge is 2.18. The van der Waals surface area contributed by atoms with Gasteiger partial charge in [0, 0.05) is 10.0 Å². The molecule has 0 aromatic heterocycles. The Morgan fingerprint density at radius 3 is 1.80 bits per heavy atom. The fourth-order valence-electron chi connectivity index (χ4n) is 2.65. The molecule has 0 saturated carbocycles. The summed E-state index contributed by atoms with van der Waals surface area (Å²) in [5.74, 6) is -2.26. The van der Waals surface area contributed by atoms with Gasteiger partial charge in [-0.05, 0) is 67.9 Å². The molecule has 0 aliphatic carbocycles. The van der Waals surface area contributed by atoms with Crippen LogP contribution in [0, 0.1) is 6.92 Å². The molecule has 3 rings (SSSR count). The Balaban J connectivity index is 0.000000300. The number of aryl methyl sites for hydroxylation is 1. The van der Waals surface area contributed by atoms with Crippen molar-refractivity contribution in [3.8, 4) is 17.2 Å². The number of carboxylic acids is 3. The van der Waals surface area contributed by atoms with E-state index in [0.717, 1.165) is 5.56 Å². The molecule has 0 spiro atoms. The van der Waals surface area contributed by atoms with Crippen molar-refractivity contribution >= 4 is 75.9 Å². The predicted molar refractivity (Wildman–Crippen MR) is 153 cm³/mol. The Morgan fingerprint density at radius 1 is 0.800 bits per heavy atom. The summed E-state index contributed by atoms with van der Waals surface area (Å²) < 4.78 is 14.9. The summed E-state index contributed by atoms with van der Waals surface area (Å²) in [5, 5.41) is 27.5. The second-order valence-corrected chi connectivity index (χ2v) is 9.60. The van der Waals surface area contributed by atoms with Crippen LogP contribution in [0.4, 0.5) is 0 Å². The molecule has 9 nitrogen and oxygen atoms in total. The fraction of sp³-hybridized carbons (Fsp3) is 0.192. The highest BCUT2D eigenvalue weighted by atomic mass is 35.5. The van der Waals surface area contributed by atoms with Gasteiger partial charge in [-0.3, -0.25) is 0 Å². The smallest absolute Gasteiger partial charge is 0.344 e. The number of halogens is 5. The molecular weight excluding hydrogens is 634 g/mol. The van der Waals surface area contributed by atoms with E-state index in [4.69, 9.17) is 87.5 Å². The van der Waals surface area contributed by atoms with Crippen LogP contribution in [0.5, 0.6) is 17.2 Å². The monoisotopic (exact) mass is 654 g/mol. The topological polar surface area (TPSA) is 140 Å². The van der Waals surface area contributed by atoms with Crippen LogP contribution in [0.15, 0.2) is 48.5 Å². The zero-order chi connectivity index (χ0) is 30.6. The van der Waals surface area contributed by atoms with Gasteiger partial charge in [0.2, 0.25) is 0 Å². The van der Waals surface area contributed by atoms with Crippen LogP contribution < -0.4 is 14.2 Å². The van der Waals surface area contributed by atoms with Gasteiger partial charge in [0.25, 0.3) is 0 Å². The van der Waals surface area contributed by atoms with Crippen molar-refractivity contribution in [3.05, 3.63) is 84.8 Å². The first-order valence-corrected chi connectivity index (χ1v) is 12.8. The number of aliphatic carboxylic acids is 2. The maximum absolute atomic E-state index is 10.7. The summed E-state index contributed by atoms with van der Waals surface area (Å²) in [6.45, 7) is 2.88. The average Bonchev–Trinajstić information content (AvgIpc) is 2.86. The molecule has 0 fully saturated rings.